The van der Waals surface area contributed by atoms with Crippen LogP contribution in [0, 0.1) is 0 Å². The van der Waals surface area contributed by atoms with Crippen molar-refractivity contribution in [2.75, 3.05) is 7.11 Å². The molecule has 1 aliphatic heterocycles. The lowest BCUT2D eigenvalue weighted by atomic mass is 9.98. The predicted molar refractivity (Wildman–Crippen MR) is 107 cm³/mol. The van der Waals surface area contributed by atoms with Crippen LogP contribution in [0.25, 0.3) is 0 Å². The quantitative estimate of drug-likeness (QED) is 0.743. The fourth-order valence-electron chi connectivity index (χ4n) is 3.05. The molecule has 1 heterocycles. The van der Waals surface area contributed by atoms with Crippen LogP contribution in [0.2, 0.25) is 10.0 Å². The van der Waals surface area contributed by atoms with E-state index in [4.69, 9.17) is 33.0 Å². The highest BCUT2D eigenvalue weighted by molar-refractivity contribution is 6.42. The third-order valence-electron chi connectivity index (χ3n) is 4.48. The summed E-state index contributed by atoms with van der Waals surface area (Å²) in [4.78, 5) is 23.5. The second-order valence-electron chi connectivity index (χ2n) is 6.27. The molecule has 1 unspecified atom stereocenters. The van der Waals surface area contributed by atoms with Crippen molar-refractivity contribution in [3.63, 3.8) is 0 Å². The molecule has 2 aromatic rings. The molecule has 1 amide bonds. The van der Waals surface area contributed by atoms with E-state index < -0.39 is 12.0 Å². The van der Waals surface area contributed by atoms with Gasteiger partial charge in [-0.2, -0.15) is 5.10 Å². The van der Waals surface area contributed by atoms with Gasteiger partial charge in [0, 0.05) is 12.8 Å². The van der Waals surface area contributed by atoms with Crippen molar-refractivity contribution in [2.45, 2.75) is 25.3 Å². The molecule has 1 aliphatic rings. The van der Waals surface area contributed by atoms with E-state index in [0.29, 0.717) is 33.5 Å². The molecular weight excluding hydrogens is 403 g/mol. The summed E-state index contributed by atoms with van der Waals surface area (Å²) in [6, 6.07) is 12.1. The number of carboxylic acid groups (broad SMARTS) is 1. The first-order valence-electron chi connectivity index (χ1n) is 8.60. The summed E-state index contributed by atoms with van der Waals surface area (Å²) in [5.41, 5.74) is 2.22. The van der Waals surface area contributed by atoms with Gasteiger partial charge in [-0.15, -0.1) is 0 Å². The van der Waals surface area contributed by atoms with Crippen LogP contribution < -0.4 is 4.74 Å². The second-order valence-corrected chi connectivity index (χ2v) is 7.06. The summed E-state index contributed by atoms with van der Waals surface area (Å²) in [5.74, 6) is -0.706. The minimum atomic E-state index is -1.04. The SMILES string of the molecule is COc1ccc(C2=NN(C(=O)CCC(=O)O)C(c3cccc(Cl)c3Cl)C2)cc1. The number of halogens is 2. The van der Waals surface area contributed by atoms with E-state index in [9.17, 15) is 9.59 Å². The Morgan fingerprint density at radius 2 is 1.89 bits per heavy atom. The molecule has 1 atom stereocenters. The van der Waals surface area contributed by atoms with Crippen LogP contribution in [-0.2, 0) is 9.59 Å². The lowest BCUT2D eigenvalue weighted by molar-refractivity contribution is -0.141. The number of ether oxygens (including phenoxy) is 1. The van der Waals surface area contributed by atoms with Crippen molar-refractivity contribution in [3.05, 3.63) is 63.6 Å². The van der Waals surface area contributed by atoms with E-state index in [2.05, 4.69) is 5.10 Å². The molecule has 0 aromatic heterocycles. The number of rotatable bonds is 6. The molecule has 8 heteroatoms. The van der Waals surface area contributed by atoms with Crippen molar-refractivity contribution in [1.82, 2.24) is 5.01 Å². The van der Waals surface area contributed by atoms with E-state index in [1.54, 1.807) is 25.3 Å². The summed E-state index contributed by atoms with van der Waals surface area (Å²) in [6.07, 6.45) is 0.0212. The molecule has 0 bridgehead atoms. The molecule has 1 N–H and O–H groups in total. The third kappa shape index (κ3) is 4.29. The predicted octanol–water partition coefficient (Wildman–Crippen LogP) is 4.54. The number of aliphatic carboxylic acids is 1. The lowest BCUT2D eigenvalue weighted by Crippen LogP contribution is -2.27. The van der Waals surface area contributed by atoms with E-state index in [1.165, 1.54) is 5.01 Å². The minimum Gasteiger partial charge on any atom is -0.497 e. The van der Waals surface area contributed by atoms with Crippen LogP contribution in [0.1, 0.15) is 36.4 Å². The van der Waals surface area contributed by atoms with Gasteiger partial charge in [-0.1, -0.05) is 35.3 Å². The number of methoxy groups -OCH3 is 1. The van der Waals surface area contributed by atoms with Gasteiger partial charge in [0.2, 0.25) is 5.91 Å². The molecule has 3 rings (SSSR count). The number of carboxylic acids is 1. The monoisotopic (exact) mass is 420 g/mol. The number of hydrazone groups is 1. The first kappa shape index (κ1) is 20.2. The highest BCUT2D eigenvalue weighted by Crippen LogP contribution is 2.39. The van der Waals surface area contributed by atoms with Gasteiger partial charge in [0.15, 0.2) is 0 Å². The molecule has 146 valence electrons. The zero-order valence-electron chi connectivity index (χ0n) is 15.1. The number of hydrogen-bond donors (Lipinski definition) is 1. The third-order valence-corrected chi connectivity index (χ3v) is 5.32. The summed E-state index contributed by atoms with van der Waals surface area (Å²) < 4.78 is 5.17. The molecule has 28 heavy (non-hydrogen) atoms. The number of benzene rings is 2. The fourth-order valence-corrected chi connectivity index (χ4v) is 3.48. The van der Waals surface area contributed by atoms with E-state index in [1.807, 2.05) is 24.3 Å². The van der Waals surface area contributed by atoms with Gasteiger partial charge >= 0.3 is 5.97 Å². The summed E-state index contributed by atoms with van der Waals surface area (Å²) in [7, 11) is 1.59. The lowest BCUT2D eigenvalue weighted by Gasteiger charge is -2.23. The molecule has 0 saturated carbocycles. The van der Waals surface area contributed by atoms with E-state index in [0.717, 1.165) is 5.56 Å². The molecule has 0 fully saturated rings. The number of carbonyl (C=O) groups is 2. The van der Waals surface area contributed by atoms with Crippen molar-refractivity contribution in [2.24, 2.45) is 5.10 Å². The zero-order chi connectivity index (χ0) is 20.3. The van der Waals surface area contributed by atoms with Crippen LogP contribution in [-0.4, -0.2) is 34.8 Å². The average Bonchev–Trinajstić information content (AvgIpc) is 3.13. The Morgan fingerprint density at radius 1 is 1.18 bits per heavy atom. The highest BCUT2D eigenvalue weighted by atomic mass is 35.5. The normalized spacial score (nSPS) is 16.0. The molecule has 2 aromatic carbocycles. The number of amides is 1. The summed E-state index contributed by atoms with van der Waals surface area (Å²) >= 11 is 12.5. The van der Waals surface area contributed by atoms with Crippen LogP contribution in [0.15, 0.2) is 47.6 Å². The minimum absolute atomic E-state index is 0.149. The summed E-state index contributed by atoms with van der Waals surface area (Å²) in [5, 5.41) is 15.4. The van der Waals surface area contributed by atoms with E-state index in [-0.39, 0.29) is 18.7 Å². The number of carbonyl (C=O) groups excluding carboxylic acids is 1. The molecule has 0 radical (unpaired) electrons. The van der Waals surface area contributed by atoms with Gasteiger partial charge in [-0.05, 0) is 41.5 Å². The summed E-state index contributed by atoms with van der Waals surface area (Å²) in [6.45, 7) is 0. The molecular formula is C20H18Cl2N2O4. The topological polar surface area (TPSA) is 79.2 Å². The van der Waals surface area contributed by atoms with Gasteiger partial charge in [0.25, 0.3) is 0 Å². The molecule has 6 nitrogen and oxygen atoms in total. The Balaban J connectivity index is 1.95. The van der Waals surface area contributed by atoms with Gasteiger partial charge in [0.1, 0.15) is 5.75 Å². The standard InChI is InChI=1S/C20H18Cl2N2O4/c1-28-13-7-5-12(6-8-13)16-11-17(14-3-2-4-15(21)20(14)22)24(23-16)18(25)9-10-19(26)27/h2-8,17H,9-11H2,1H3,(H,26,27). The smallest absolute Gasteiger partial charge is 0.303 e. The van der Waals surface area contributed by atoms with Crippen molar-refractivity contribution in [3.8, 4) is 5.75 Å². The Hall–Kier alpha value is -2.57. The Bertz CT molecular complexity index is 928. The largest absolute Gasteiger partial charge is 0.497 e. The highest BCUT2D eigenvalue weighted by Gasteiger charge is 2.34. The average molecular weight is 421 g/mol. The maximum Gasteiger partial charge on any atom is 0.303 e. The van der Waals surface area contributed by atoms with E-state index >= 15 is 0 Å². The molecule has 0 spiro atoms. The van der Waals surface area contributed by atoms with Gasteiger partial charge in [-0.3, -0.25) is 9.59 Å². The maximum atomic E-state index is 12.7. The number of hydrogen-bond acceptors (Lipinski definition) is 4. The van der Waals surface area contributed by atoms with Crippen LogP contribution in [0.3, 0.4) is 0 Å². The number of nitrogens with zero attached hydrogens (tertiary/aromatic N) is 2. The Kier molecular flexibility index (Phi) is 6.21. The Labute approximate surface area is 172 Å². The van der Waals surface area contributed by atoms with Crippen LogP contribution >= 0.6 is 23.2 Å². The van der Waals surface area contributed by atoms with Crippen molar-refractivity contribution >= 4 is 40.8 Å². The molecule has 0 aliphatic carbocycles. The van der Waals surface area contributed by atoms with Crippen molar-refractivity contribution in [1.29, 1.82) is 0 Å². The van der Waals surface area contributed by atoms with Gasteiger partial charge < -0.3 is 9.84 Å². The first-order chi connectivity index (χ1) is 13.4. The fraction of sp³-hybridized carbons (Fsp3) is 0.250. The van der Waals surface area contributed by atoms with Crippen LogP contribution in [0.4, 0.5) is 0 Å². The first-order valence-corrected chi connectivity index (χ1v) is 9.36. The zero-order valence-corrected chi connectivity index (χ0v) is 16.6. The van der Waals surface area contributed by atoms with Crippen molar-refractivity contribution < 1.29 is 19.4 Å². The second kappa shape index (κ2) is 8.63. The van der Waals surface area contributed by atoms with Gasteiger partial charge in [0.05, 0.1) is 35.3 Å². The van der Waals surface area contributed by atoms with Crippen LogP contribution in [0.5, 0.6) is 5.75 Å². The maximum absolute atomic E-state index is 12.7. The van der Waals surface area contributed by atoms with Gasteiger partial charge in [-0.25, -0.2) is 5.01 Å². The Morgan fingerprint density at radius 3 is 2.54 bits per heavy atom. The molecule has 0 saturated heterocycles.